The van der Waals surface area contributed by atoms with E-state index >= 15 is 0 Å². The zero-order valence-electron chi connectivity index (χ0n) is 16.0. The van der Waals surface area contributed by atoms with Crippen molar-refractivity contribution in [3.8, 4) is 0 Å². The van der Waals surface area contributed by atoms with Crippen molar-refractivity contribution in [2.45, 2.75) is 31.3 Å². The first-order valence-corrected chi connectivity index (χ1v) is 10.0. The van der Waals surface area contributed by atoms with Gasteiger partial charge in [-0.2, -0.15) is 0 Å². The molecule has 2 aliphatic heterocycles. The summed E-state index contributed by atoms with van der Waals surface area (Å²) >= 11 is 0. The number of carbonyl (C=O) groups excluding carboxylic acids is 2. The van der Waals surface area contributed by atoms with Crippen LogP contribution < -0.4 is 10.2 Å². The van der Waals surface area contributed by atoms with Gasteiger partial charge in [-0.1, -0.05) is 72.8 Å². The molecule has 2 heterocycles. The summed E-state index contributed by atoms with van der Waals surface area (Å²) in [4.78, 5) is 27.7. The van der Waals surface area contributed by atoms with Crippen molar-refractivity contribution in [1.29, 1.82) is 0 Å². The van der Waals surface area contributed by atoms with Crippen LogP contribution in [0.15, 0.2) is 78.9 Å². The van der Waals surface area contributed by atoms with Gasteiger partial charge in [-0.15, -0.1) is 0 Å². The second-order valence-electron chi connectivity index (χ2n) is 7.75. The van der Waals surface area contributed by atoms with Crippen molar-refractivity contribution in [2.24, 2.45) is 0 Å². The van der Waals surface area contributed by atoms with Gasteiger partial charge in [0.05, 0.1) is 18.5 Å². The predicted molar refractivity (Wildman–Crippen MR) is 113 cm³/mol. The molecule has 1 N–H and O–H groups in total. The highest BCUT2D eigenvalue weighted by Gasteiger charge is 2.44. The van der Waals surface area contributed by atoms with Crippen molar-refractivity contribution in [3.05, 3.63) is 101 Å². The van der Waals surface area contributed by atoms with Crippen LogP contribution in [0.25, 0.3) is 0 Å². The van der Waals surface area contributed by atoms with E-state index in [4.69, 9.17) is 0 Å². The van der Waals surface area contributed by atoms with E-state index in [0.717, 1.165) is 28.8 Å². The molecule has 29 heavy (non-hydrogen) atoms. The largest absolute Gasteiger partial charge is 0.350 e. The van der Waals surface area contributed by atoms with E-state index in [1.54, 1.807) is 0 Å². The van der Waals surface area contributed by atoms with Gasteiger partial charge in [0.2, 0.25) is 11.8 Å². The van der Waals surface area contributed by atoms with E-state index < -0.39 is 0 Å². The molecule has 0 spiro atoms. The fourth-order valence-electron chi connectivity index (χ4n) is 4.63. The summed E-state index contributed by atoms with van der Waals surface area (Å²) in [5.41, 5.74) is 5.41. The number of amides is 2. The van der Waals surface area contributed by atoms with Crippen LogP contribution in [0, 0.1) is 0 Å². The number of nitrogens with zero attached hydrogens (tertiary/aromatic N) is 1. The predicted octanol–water partition coefficient (Wildman–Crippen LogP) is 3.80. The summed E-state index contributed by atoms with van der Waals surface area (Å²) in [6.07, 6.45) is 1.42. The van der Waals surface area contributed by atoms with Crippen LogP contribution in [0.5, 0.6) is 0 Å². The number of carbonyl (C=O) groups is 2. The average molecular weight is 382 g/mol. The molecule has 4 nitrogen and oxygen atoms in total. The number of fused-ring (bicyclic) bond motifs is 5. The lowest BCUT2D eigenvalue weighted by molar-refractivity contribution is -0.121. The molecule has 0 saturated carbocycles. The Kier molecular flexibility index (Phi) is 4.39. The molecule has 2 atom stereocenters. The van der Waals surface area contributed by atoms with Crippen LogP contribution in [0.3, 0.4) is 0 Å². The third-order valence-corrected chi connectivity index (χ3v) is 5.88. The number of benzene rings is 3. The zero-order valence-corrected chi connectivity index (χ0v) is 16.0. The second kappa shape index (κ2) is 7.21. The van der Waals surface area contributed by atoms with Crippen LogP contribution in [0.1, 0.15) is 34.7 Å². The van der Waals surface area contributed by atoms with Crippen LogP contribution in [-0.2, 0) is 22.4 Å². The Bertz CT molecular complexity index is 1080. The summed E-state index contributed by atoms with van der Waals surface area (Å²) in [7, 11) is 0. The fraction of sp³-hybridized carbons (Fsp3) is 0.200. The molecule has 3 aromatic rings. The van der Waals surface area contributed by atoms with E-state index in [1.165, 1.54) is 5.56 Å². The van der Waals surface area contributed by atoms with Gasteiger partial charge in [0.1, 0.15) is 0 Å². The first-order valence-electron chi connectivity index (χ1n) is 10.0. The molecule has 2 aliphatic rings. The molecule has 5 rings (SSSR count). The van der Waals surface area contributed by atoms with Gasteiger partial charge in [-0.05, 0) is 34.7 Å². The summed E-state index contributed by atoms with van der Waals surface area (Å²) < 4.78 is 0. The lowest BCUT2D eigenvalue weighted by atomic mass is 9.93. The third kappa shape index (κ3) is 3.21. The Morgan fingerprint density at radius 1 is 0.897 bits per heavy atom. The maximum absolute atomic E-state index is 13.1. The van der Waals surface area contributed by atoms with Crippen molar-refractivity contribution in [1.82, 2.24) is 5.32 Å². The van der Waals surface area contributed by atoms with Gasteiger partial charge in [0, 0.05) is 12.1 Å². The summed E-state index contributed by atoms with van der Waals surface area (Å²) in [6, 6.07) is 25.6. The summed E-state index contributed by atoms with van der Waals surface area (Å²) in [5, 5.41) is 3.16. The zero-order chi connectivity index (χ0) is 19.8. The van der Waals surface area contributed by atoms with E-state index in [9.17, 15) is 9.59 Å². The number of hydrogen-bond acceptors (Lipinski definition) is 2. The SMILES string of the molecule is O=C(Cc1ccccc1)NC1CC(=O)N2c3ccccc3Cc3ccccc3C12. The molecule has 0 radical (unpaired) electrons. The number of rotatable bonds is 3. The quantitative estimate of drug-likeness (QED) is 0.749. The molecule has 2 amide bonds. The minimum Gasteiger partial charge on any atom is -0.350 e. The number of nitrogens with one attached hydrogen (secondary N) is 1. The van der Waals surface area contributed by atoms with E-state index in [-0.39, 0.29) is 23.9 Å². The fourth-order valence-corrected chi connectivity index (χ4v) is 4.63. The Hall–Kier alpha value is -3.40. The molecular formula is C25H22N2O2. The molecule has 4 heteroatoms. The highest BCUT2D eigenvalue weighted by molar-refractivity contribution is 5.99. The van der Waals surface area contributed by atoms with Gasteiger partial charge in [-0.3, -0.25) is 9.59 Å². The molecule has 0 aliphatic carbocycles. The normalized spacial score (nSPS) is 19.7. The topological polar surface area (TPSA) is 49.4 Å². The van der Waals surface area contributed by atoms with E-state index in [2.05, 4.69) is 23.5 Å². The van der Waals surface area contributed by atoms with Gasteiger partial charge in [0.25, 0.3) is 0 Å². The maximum Gasteiger partial charge on any atom is 0.229 e. The number of para-hydroxylation sites is 1. The first-order chi connectivity index (χ1) is 14.2. The first kappa shape index (κ1) is 17.7. The van der Waals surface area contributed by atoms with Crippen molar-refractivity contribution in [2.75, 3.05) is 4.90 Å². The molecule has 1 saturated heterocycles. The Morgan fingerprint density at radius 3 is 2.41 bits per heavy atom. The van der Waals surface area contributed by atoms with Crippen LogP contribution in [-0.4, -0.2) is 17.9 Å². The third-order valence-electron chi connectivity index (χ3n) is 5.88. The van der Waals surface area contributed by atoms with Crippen molar-refractivity contribution < 1.29 is 9.59 Å². The van der Waals surface area contributed by atoms with Crippen LogP contribution in [0.4, 0.5) is 5.69 Å². The molecule has 144 valence electrons. The minimum atomic E-state index is -0.244. The Labute approximate surface area is 170 Å². The molecular weight excluding hydrogens is 360 g/mol. The number of hydrogen-bond donors (Lipinski definition) is 1. The van der Waals surface area contributed by atoms with Crippen molar-refractivity contribution >= 4 is 17.5 Å². The van der Waals surface area contributed by atoms with Crippen molar-refractivity contribution in [3.63, 3.8) is 0 Å². The van der Waals surface area contributed by atoms with Crippen LogP contribution >= 0.6 is 0 Å². The van der Waals surface area contributed by atoms with Gasteiger partial charge in [-0.25, -0.2) is 0 Å². The second-order valence-corrected chi connectivity index (χ2v) is 7.75. The lowest BCUT2D eigenvalue weighted by Crippen LogP contribution is -2.40. The van der Waals surface area contributed by atoms with Gasteiger partial charge < -0.3 is 10.2 Å². The molecule has 0 bridgehead atoms. The number of anilines is 1. The highest BCUT2D eigenvalue weighted by Crippen LogP contribution is 2.43. The molecule has 2 unspecified atom stereocenters. The average Bonchev–Trinajstić information content (AvgIpc) is 2.96. The van der Waals surface area contributed by atoms with Gasteiger partial charge in [0.15, 0.2) is 0 Å². The van der Waals surface area contributed by atoms with Gasteiger partial charge >= 0.3 is 0 Å². The molecule has 3 aromatic carbocycles. The Balaban J connectivity index is 1.50. The summed E-state index contributed by atoms with van der Waals surface area (Å²) in [6.45, 7) is 0. The van der Waals surface area contributed by atoms with E-state index in [0.29, 0.717) is 12.8 Å². The standard InChI is InChI=1S/C25H22N2O2/c28-23(14-17-8-2-1-3-9-17)26-21-16-24(29)27-22-13-7-5-11-19(22)15-18-10-4-6-12-20(18)25(21)27/h1-13,21,25H,14-16H2,(H,26,28). The summed E-state index contributed by atoms with van der Waals surface area (Å²) in [5.74, 6) is 0.00928. The highest BCUT2D eigenvalue weighted by atomic mass is 16.2. The smallest absolute Gasteiger partial charge is 0.229 e. The maximum atomic E-state index is 13.1. The molecule has 1 fully saturated rings. The lowest BCUT2D eigenvalue weighted by Gasteiger charge is -2.29. The molecule has 0 aromatic heterocycles. The van der Waals surface area contributed by atoms with E-state index in [1.807, 2.05) is 65.6 Å². The monoisotopic (exact) mass is 382 g/mol. The minimum absolute atomic E-state index is 0.0501. The van der Waals surface area contributed by atoms with Crippen LogP contribution in [0.2, 0.25) is 0 Å². The Morgan fingerprint density at radius 2 is 1.59 bits per heavy atom.